The van der Waals surface area contributed by atoms with E-state index in [1.54, 1.807) is 0 Å². The first-order chi connectivity index (χ1) is 20.0. The summed E-state index contributed by atoms with van der Waals surface area (Å²) in [5.41, 5.74) is 4.34. The summed E-state index contributed by atoms with van der Waals surface area (Å²) in [7, 11) is 0. The summed E-state index contributed by atoms with van der Waals surface area (Å²) in [6.07, 6.45) is 1.81. The van der Waals surface area contributed by atoms with Gasteiger partial charge in [-0.3, -0.25) is 4.79 Å². The standard InChI is InChI=1S/C34H34ClNO5/c1-3-17-40-30-12-8-7-11-27(30)32-31(34(38)41-19-18-39-26-9-5-4-6-10-26)22(2)36-28-20-24(21-29(37)33(28)32)23-13-15-25(35)16-14-23/h4-16,24,32,36H,3,17-21H2,1-2H3/t24-,32-/m0/s1. The highest BCUT2D eigenvalue weighted by Gasteiger charge is 2.42. The number of carbonyl (C=O) groups excluding carboxylic acids is 2. The number of rotatable bonds is 10. The van der Waals surface area contributed by atoms with Crippen molar-refractivity contribution in [2.24, 2.45) is 0 Å². The highest BCUT2D eigenvalue weighted by Crippen LogP contribution is 2.47. The van der Waals surface area contributed by atoms with Gasteiger partial charge in [0.2, 0.25) is 0 Å². The Hall–Kier alpha value is -4.03. The van der Waals surface area contributed by atoms with E-state index in [-0.39, 0.29) is 24.9 Å². The summed E-state index contributed by atoms with van der Waals surface area (Å²) in [6, 6.07) is 24.7. The Bertz CT molecular complexity index is 1460. The van der Waals surface area contributed by atoms with Crippen LogP contribution >= 0.6 is 11.6 Å². The third-order valence-electron chi connectivity index (χ3n) is 7.41. The fourth-order valence-corrected chi connectivity index (χ4v) is 5.67. The van der Waals surface area contributed by atoms with Crippen molar-refractivity contribution in [1.82, 2.24) is 5.32 Å². The Kier molecular flexibility index (Phi) is 9.10. The van der Waals surface area contributed by atoms with E-state index < -0.39 is 11.9 Å². The van der Waals surface area contributed by atoms with E-state index >= 15 is 0 Å². The van der Waals surface area contributed by atoms with Gasteiger partial charge in [-0.2, -0.15) is 0 Å². The zero-order valence-corrected chi connectivity index (χ0v) is 24.1. The van der Waals surface area contributed by atoms with Gasteiger partial charge in [-0.25, -0.2) is 4.79 Å². The molecule has 2 atom stereocenters. The predicted octanol–water partition coefficient (Wildman–Crippen LogP) is 7.11. The molecule has 0 aromatic heterocycles. The summed E-state index contributed by atoms with van der Waals surface area (Å²) in [5.74, 6) is 0.276. The van der Waals surface area contributed by atoms with Crippen LogP contribution in [0, 0.1) is 0 Å². The number of Topliss-reactive ketones (excluding diaryl/α,β-unsaturated/α-hetero) is 1. The molecule has 3 aromatic rings. The van der Waals surface area contributed by atoms with Crippen LogP contribution in [-0.2, 0) is 14.3 Å². The minimum absolute atomic E-state index is 0.000736. The van der Waals surface area contributed by atoms with E-state index in [4.69, 9.17) is 25.8 Å². The Labute approximate surface area is 246 Å². The first kappa shape index (κ1) is 28.5. The van der Waals surface area contributed by atoms with Crippen LogP contribution in [0.5, 0.6) is 11.5 Å². The number of ketones is 1. The minimum Gasteiger partial charge on any atom is -0.493 e. The lowest BCUT2D eigenvalue weighted by Crippen LogP contribution is -2.36. The number of carbonyl (C=O) groups is 2. The fraction of sp³-hybridized carbons (Fsp3) is 0.294. The van der Waals surface area contributed by atoms with Gasteiger partial charge >= 0.3 is 5.97 Å². The van der Waals surface area contributed by atoms with E-state index in [9.17, 15) is 9.59 Å². The van der Waals surface area contributed by atoms with Crippen LogP contribution in [-0.4, -0.2) is 31.6 Å². The van der Waals surface area contributed by atoms with Crippen LogP contribution < -0.4 is 14.8 Å². The molecular formula is C34H34ClNO5. The lowest BCUT2D eigenvalue weighted by molar-refractivity contribution is -0.140. The van der Waals surface area contributed by atoms with E-state index in [1.165, 1.54) is 0 Å². The van der Waals surface area contributed by atoms with Crippen molar-refractivity contribution in [1.29, 1.82) is 0 Å². The molecule has 0 saturated carbocycles. The third kappa shape index (κ3) is 6.49. The molecule has 2 aliphatic rings. The van der Waals surface area contributed by atoms with Gasteiger partial charge in [0.1, 0.15) is 24.7 Å². The number of para-hydroxylation sites is 2. The number of dihydropyridines is 1. The molecule has 6 nitrogen and oxygen atoms in total. The smallest absolute Gasteiger partial charge is 0.336 e. The number of ether oxygens (including phenoxy) is 3. The second-order valence-electron chi connectivity index (χ2n) is 10.3. The van der Waals surface area contributed by atoms with Crippen LogP contribution in [0.25, 0.3) is 0 Å². The molecule has 3 aromatic carbocycles. The average Bonchev–Trinajstić information content (AvgIpc) is 2.98. The number of allylic oxidation sites excluding steroid dienone is 3. The SMILES string of the molecule is CCCOc1ccccc1[C@H]1C(C(=O)OCCOc2ccccc2)=C(C)NC2=C1C(=O)C[C@@H](c1ccc(Cl)cc1)C2. The maximum Gasteiger partial charge on any atom is 0.336 e. The maximum absolute atomic E-state index is 13.9. The van der Waals surface area contributed by atoms with Gasteiger partial charge in [0.25, 0.3) is 0 Å². The molecule has 0 fully saturated rings. The molecular weight excluding hydrogens is 538 g/mol. The molecule has 1 N–H and O–H groups in total. The first-order valence-electron chi connectivity index (χ1n) is 14.0. The predicted molar refractivity (Wildman–Crippen MR) is 159 cm³/mol. The van der Waals surface area contributed by atoms with E-state index in [0.717, 1.165) is 23.2 Å². The molecule has 0 radical (unpaired) electrons. The van der Waals surface area contributed by atoms with Crippen LogP contribution in [0.3, 0.4) is 0 Å². The third-order valence-corrected chi connectivity index (χ3v) is 7.66. The number of halogens is 1. The van der Waals surface area contributed by atoms with Crippen molar-refractivity contribution < 1.29 is 23.8 Å². The molecule has 0 bridgehead atoms. The summed E-state index contributed by atoms with van der Waals surface area (Å²) in [4.78, 5) is 27.6. The first-order valence-corrected chi connectivity index (χ1v) is 14.4. The molecule has 7 heteroatoms. The van der Waals surface area contributed by atoms with Crippen molar-refractivity contribution in [3.8, 4) is 11.5 Å². The number of esters is 1. The van der Waals surface area contributed by atoms with E-state index in [0.29, 0.717) is 52.8 Å². The molecule has 0 unspecified atom stereocenters. The summed E-state index contributed by atoms with van der Waals surface area (Å²) >= 11 is 6.11. The largest absolute Gasteiger partial charge is 0.493 e. The summed E-state index contributed by atoms with van der Waals surface area (Å²) < 4.78 is 17.5. The second-order valence-corrected chi connectivity index (χ2v) is 10.7. The number of nitrogens with one attached hydrogen (secondary N) is 1. The highest BCUT2D eigenvalue weighted by atomic mass is 35.5. The fourth-order valence-electron chi connectivity index (χ4n) is 5.54. The molecule has 0 saturated heterocycles. The number of hydrogen-bond acceptors (Lipinski definition) is 6. The highest BCUT2D eigenvalue weighted by molar-refractivity contribution is 6.30. The van der Waals surface area contributed by atoms with E-state index in [1.807, 2.05) is 92.7 Å². The monoisotopic (exact) mass is 571 g/mol. The molecule has 5 rings (SSSR count). The van der Waals surface area contributed by atoms with Gasteiger partial charge in [0.15, 0.2) is 5.78 Å². The van der Waals surface area contributed by atoms with Crippen LogP contribution in [0.1, 0.15) is 56.1 Å². The number of benzene rings is 3. The Balaban J connectivity index is 1.46. The molecule has 0 amide bonds. The van der Waals surface area contributed by atoms with Gasteiger partial charge in [0, 0.05) is 34.0 Å². The summed E-state index contributed by atoms with van der Waals surface area (Å²) in [5, 5.41) is 4.07. The molecule has 1 heterocycles. The molecule has 1 aliphatic heterocycles. The van der Waals surface area contributed by atoms with Crippen molar-refractivity contribution in [3.05, 3.63) is 118 Å². The average molecular weight is 572 g/mol. The van der Waals surface area contributed by atoms with Crippen LogP contribution in [0.4, 0.5) is 0 Å². The van der Waals surface area contributed by atoms with Crippen LogP contribution in [0.2, 0.25) is 5.02 Å². The van der Waals surface area contributed by atoms with Crippen LogP contribution in [0.15, 0.2) is 101 Å². The second kappa shape index (κ2) is 13.1. The maximum atomic E-state index is 13.9. The van der Waals surface area contributed by atoms with Crippen molar-refractivity contribution >= 4 is 23.4 Å². The van der Waals surface area contributed by atoms with Gasteiger partial charge in [-0.1, -0.05) is 67.1 Å². The molecule has 0 spiro atoms. The molecule has 212 valence electrons. The zero-order valence-electron chi connectivity index (χ0n) is 23.3. The molecule has 41 heavy (non-hydrogen) atoms. The summed E-state index contributed by atoms with van der Waals surface area (Å²) in [6.45, 7) is 4.72. The van der Waals surface area contributed by atoms with E-state index in [2.05, 4.69) is 5.32 Å². The lowest BCUT2D eigenvalue weighted by atomic mass is 9.71. The van der Waals surface area contributed by atoms with Crippen molar-refractivity contribution in [3.63, 3.8) is 0 Å². The zero-order chi connectivity index (χ0) is 28.8. The topological polar surface area (TPSA) is 73.9 Å². The van der Waals surface area contributed by atoms with Gasteiger partial charge < -0.3 is 19.5 Å². The quantitative estimate of drug-likeness (QED) is 0.206. The minimum atomic E-state index is -0.611. The number of hydrogen-bond donors (Lipinski definition) is 1. The van der Waals surface area contributed by atoms with Gasteiger partial charge in [-0.05, 0) is 61.6 Å². The van der Waals surface area contributed by atoms with Crippen molar-refractivity contribution in [2.75, 3.05) is 19.8 Å². The Morgan fingerprint density at radius 3 is 2.39 bits per heavy atom. The van der Waals surface area contributed by atoms with Gasteiger partial charge in [0.05, 0.1) is 18.1 Å². The normalized spacial score (nSPS) is 18.5. The van der Waals surface area contributed by atoms with Gasteiger partial charge in [-0.15, -0.1) is 0 Å². The lowest BCUT2D eigenvalue weighted by Gasteiger charge is -2.37. The Morgan fingerprint density at radius 1 is 0.902 bits per heavy atom. The Morgan fingerprint density at radius 2 is 1.63 bits per heavy atom. The molecule has 1 aliphatic carbocycles. The van der Waals surface area contributed by atoms with Crippen molar-refractivity contribution in [2.45, 2.75) is 44.9 Å².